The molecule has 0 saturated heterocycles. The normalized spacial score (nSPS) is 23.4. The first kappa shape index (κ1) is 18.6. The molecule has 0 radical (unpaired) electrons. The lowest BCUT2D eigenvalue weighted by Crippen LogP contribution is -2.45. The molecule has 0 aromatic heterocycles. The van der Waals surface area contributed by atoms with Crippen molar-refractivity contribution < 1.29 is 19.1 Å². The molecule has 0 unspecified atom stereocenters. The number of hydrogen-bond donors (Lipinski definition) is 1. The van der Waals surface area contributed by atoms with Crippen molar-refractivity contribution in [2.45, 2.75) is 39.2 Å². The highest BCUT2D eigenvalue weighted by Gasteiger charge is 2.28. The predicted octanol–water partition coefficient (Wildman–Crippen LogP) is 3.45. The summed E-state index contributed by atoms with van der Waals surface area (Å²) >= 11 is 5.90. The van der Waals surface area contributed by atoms with E-state index in [0.29, 0.717) is 22.6 Å². The SMILES string of the molecule is COc1ccc(Cl)cc1C(=O)OCC(=O)N[C@H]1CCC[C@H](C)[C@H]1C. The van der Waals surface area contributed by atoms with E-state index in [1.807, 2.05) is 0 Å². The molecular formula is C18H24ClNO4. The van der Waals surface area contributed by atoms with Crippen molar-refractivity contribution in [3.05, 3.63) is 28.8 Å². The van der Waals surface area contributed by atoms with E-state index in [1.165, 1.54) is 19.6 Å². The molecule has 3 atom stereocenters. The van der Waals surface area contributed by atoms with E-state index < -0.39 is 5.97 Å². The molecule has 0 bridgehead atoms. The average Bonchev–Trinajstić information content (AvgIpc) is 2.56. The lowest BCUT2D eigenvalue weighted by molar-refractivity contribution is -0.125. The summed E-state index contributed by atoms with van der Waals surface area (Å²) in [5.41, 5.74) is 0.206. The van der Waals surface area contributed by atoms with Crippen LogP contribution in [-0.4, -0.2) is 31.6 Å². The Morgan fingerprint density at radius 2 is 2.04 bits per heavy atom. The largest absolute Gasteiger partial charge is 0.496 e. The van der Waals surface area contributed by atoms with Crippen LogP contribution < -0.4 is 10.1 Å². The second kappa shape index (κ2) is 8.38. The Morgan fingerprint density at radius 3 is 2.75 bits per heavy atom. The quantitative estimate of drug-likeness (QED) is 0.823. The maximum atomic E-state index is 12.1. The number of methoxy groups -OCH3 is 1. The topological polar surface area (TPSA) is 64.6 Å². The van der Waals surface area contributed by atoms with Crippen LogP contribution in [0.5, 0.6) is 5.75 Å². The van der Waals surface area contributed by atoms with Crippen LogP contribution in [-0.2, 0) is 9.53 Å². The molecule has 1 aliphatic rings. The molecule has 0 heterocycles. The standard InChI is InChI=1S/C18H24ClNO4/c1-11-5-4-6-15(12(11)2)20-17(21)10-24-18(22)14-9-13(19)7-8-16(14)23-3/h7-9,11-12,15H,4-6,10H2,1-3H3,(H,20,21)/t11-,12+,15-/m0/s1. The molecule has 1 amide bonds. The summed E-state index contributed by atoms with van der Waals surface area (Å²) in [5.74, 6) is 0.457. The highest BCUT2D eigenvalue weighted by molar-refractivity contribution is 6.31. The van der Waals surface area contributed by atoms with E-state index in [9.17, 15) is 9.59 Å². The van der Waals surface area contributed by atoms with Gasteiger partial charge in [-0.2, -0.15) is 0 Å². The number of hydrogen-bond acceptors (Lipinski definition) is 4. The molecule has 1 aromatic rings. The number of carbonyl (C=O) groups excluding carboxylic acids is 2. The Labute approximate surface area is 147 Å². The third-order valence-corrected chi connectivity index (χ3v) is 5.00. The lowest BCUT2D eigenvalue weighted by atomic mass is 9.78. The van der Waals surface area contributed by atoms with Crippen molar-refractivity contribution in [3.63, 3.8) is 0 Å². The summed E-state index contributed by atoms with van der Waals surface area (Å²) in [6.45, 7) is 4.04. The zero-order chi connectivity index (χ0) is 17.7. The van der Waals surface area contributed by atoms with Crippen LogP contribution in [0, 0.1) is 11.8 Å². The van der Waals surface area contributed by atoms with Crippen LogP contribution in [0.4, 0.5) is 0 Å². The predicted molar refractivity (Wildman–Crippen MR) is 92.4 cm³/mol. The summed E-state index contributed by atoms with van der Waals surface area (Å²) in [4.78, 5) is 24.2. The van der Waals surface area contributed by atoms with Gasteiger partial charge in [-0.1, -0.05) is 38.3 Å². The van der Waals surface area contributed by atoms with E-state index in [4.69, 9.17) is 21.1 Å². The van der Waals surface area contributed by atoms with Gasteiger partial charge in [-0.25, -0.2) is 4.79 Å². The van der Waals surface area contributed by atoms with Crippen LogP contribution in [0.1, 0.15) is 43.5 Å². The Morgan fingerprint density at radius 1 is 1.29 bits per heavy atom. The molecule has 5 nitrogen and oxygen atoms in total. The Hall–Kier alpha value is -1.75. The molecule has 2 rings (SSSR count). The smallest absolute Gasteiger partial charge is 0.342 e. The third-order valence-electron chi connectivity index (χ3n) is 4.77. The average molecular weight is 354 g/mol. The summed E-state index contributed by atoms with van der Waals surface area (Å²) in [6, 6.07) is 4.81. The summed E-state index contributed by atoms with van der Waals surface area (Å²) in [5, 5.41) is 3.37. The van der Waals surface area contributed by atoms with Gasteiger partial charge in [0.05, 0.1) is 7.11 Å². The highest BCUT2D eigenvalue weighted by atomic mass is 35.5. The number of rotatable bonds is 5. The van der Waals surface area contributed by atoms with Gasteiger partial charge in [0.15, 0.2) is 6.61 Å². The van der Waals surface area contributed by atoms with Gasteiger partial charge < -0.3 is 14.8 Å². The molecule has 0 spiro atoms. The summed E-state index contributed by atoms with van der Waals surface area (Å²) in [7, 11) is 1.46. The van der Waals surface area contributed by atoms with Crippen molar-refractivity contribution in [3.8, 4) is 5.75 Å². The monoisotopic (exact) mass is 353 g/mol. The second-order valence-corrected chi connectivity index (χ2v) is 6.80. The van der Waals surface area contributed by atoms with Crippen molar-refractivity contribution in [1.82, 2.24) is 5.32 Å². The number of halogens is 1. The van der Waals surface area contributed by atoms with Crippen LogP contribution in [0.2, 0.25) is 5.02 Å². The molecule has 24 heavy (non-hydrogen) atoms. The van der Waals surface area contributed by atoms with Crippen molar-refractivity contribution in [2.75, 3.05) is 13.7 Å². The zero-order valence-corrected chi connectivity index (χ0v) is 15.1. The molecule has 6 heteroatoms. The number of esters is 1. The van der Waals surface area contributed by atoms with E-state index >= 15 is 0 Å². The van der Waals surface area contributed by atoms with E-state index in [-0.39, 0.29) is 24.1 Å². The van der Waals surface area contributed by atoms with Gasteiger partial charge in [-0.3, -0.25) is 4.79 Å². The van der Waals surface area contributed by atoms with Gasteiger partial charge in [-0.15, -0.1) is 0 Å². The van der Waals surface area contributed by atoms with Crippen LogP contribution in [0.3, 0.4) is 0 Å². The number of amides is 1. The van der Waals surface area contributed by atoms with Crippen molar-refractivity contribution in [2.24, 2.45) is 11.8 Å². The molecule has 1 aromatic carbocycles. The number of nitrogens with one attached hydrogen (secondary N) is 1. The van der Waals surface area contributed by atoms with Gasteiger partial charge in [0.1, 0.15) is 11.3 Å². The zero-order valence-electron chi connectivity index (χ0n) is 14.3. The minimum atomic E-state index is -0.630. The molecule has 1 N–H and O–H groups in total. The van der Waals surface area contributed by atoms with E-state index in [0.717, 1.165) is 12.8 Å². The maximum absolute atomic E-state index is 12.1. The van der Waals surface area contributed by atoms with Crippen LogP contribution in [0.15, 0.2) is 18.2 Å². The molecule has 1 fully saturated rings. The van der Waals surface area contributed by atoms with Gasteiger partial charge >= 0.3 is 5.97 Å². The fourth-order valence-corrected chi connectivity index (χ4v) is 3.25. The number of ether oxygens (including phenoxy) is 2. The van der Waals surface area contributed by atoms with Crippen LogP contribution in [0.25, 0.3) is 0 Å². The van der Waals surface area contributed by atoms with Gasteiger partial charge in [0.25, 0.3) is 5.91 Å². The minimum Gasteiger partial charge on any atom is -0.496 e. The molecular weight excluding hydrogens is 330 g/mol. The first-order valence-corrected chi connectivity index (χ1v) is 8.60. The van der Waals surface area contributed by atoms with Gasteiger partial charge in [0, 0.05) is 11.1 Å². The molecule has 132 valence electrons. The Bertz CT molecular complexity index is 605. The van der Waals surface area contributed by atoms with E-state index in [2.05, 4.69) is 19.2 Å². The van der Waals surface area contributed by atoms with Gasteiger partial charge in [0.2, 0.25) is 0 Å². The minimum absolute atomic E-state index is 0.139. The maximum Gasteiger partial charge on any atom is 0.342 e. The molecule has 0 aliphatic heterocycles. The number of carbonyl (C=O) groups is 2. The van der Waals surface area contributed by atoms with E-state index in [1.54, 1.807) is 12.1 Å². The molecule has 1 aliphatic carbocycles. The van der Waals surface area contributed by atoms with Crippen LogP contribution >= 0.6 is 11.6 Å². The lowest BCUT2D eigenvalue weighted by Gasteiger charge is -2.34. The first-order chi connectivity index (χ1) is 11.4. The van der Waals surface area contributed by atoms with Crippen molar-refractivity contribution in [1.29, 1.82) is 0 Å². The fourth-order valence-electron chi connectivity index (χ4n) is 3.08. The van der Waals surface area contributed by atoms with Crippen molar-refractivity contribution >= 4 is 23.5 Å². The fraction of sp³-hybridized carbons (Fsp3) is 0.556. The molecule has 1 saturated carbocycles. The van der Waals surface area contributed by atoms with Gasteiger partial charge in [-0.05, 0) is 36.5 Å². The highest BCUT2D eigenvalue weighted by Crippen LogP contribution is 2.29. The Balaban J connectivity index is 1.89. The third kappa shape index (κ3) is 4.63. The first-order valence-electron chi connectivity index (χ1n) is 8.22. The Kier molecular flexibility index (Phi) is 6.49. The summed E-state index contributed by atoms with van der Waals surface area (Å²) in [6.07, 6.45) is 3.26. The number of benzene rings is 1. The summed E-state index contributed by atoms with van der Waals surface area (Å²) < 4.78 is 10.2. The second-order valence-electron chi connectivity index (χ2n) is 6.36.